The van der Waals surface area contributed by atoms with Gasteiger partial charge in [0.15, 0.2) is 11.5 Å². The number of alkyl halides is 2. The first-order valence-electron chi connectivity index (χ1n) is 9.27. The fourth-order valence-electron chi connectivity index (χ4n) is 4.16. The van der Waals surface area contributed by atoms with Gasteiger partial charge in [-0.2, -0.15) is 0 Å². The summed E-state index contributed by atoms with van der Waals surface area (Å²) in [5.41, 5.74) is 2.13. The van der Waals surface area contributed by atoms with Gasteiger partial charge >= 0.3 is 0 Å². The molecule has 0 saturated carbocycles. The number of Topliss-reactive ketones (excluding diaryl/α,β-unsaturated/α-hetero) is 1. The van der Waals surface area contributed by atoms with E-state index in [1.54, 1.807) is 6.07 Å². The molecule has 1 aromatic carbocycles. The number of carbonyl (C=O) groups excluding carboxylic acids is 1. The topological polar surface area (TPSA) is 38.8 Å². The molecule has 3 rings (SSSR count). The molecule has 2 unspecified atom stereocenters. The van der Waals surface area contributed by atoms with Crippen LogP contribution in [0.1, 0.15) is 43.9 Å². The lowest BCUT2D eigenvalue weighted by Gasteiger charge is -2.43. The third-order valence-electron chi connectivity index (χ3n) is 5.32. The van der Waals surface area contributed by atoms with Crippen molar-refractivity contribution in [2.24, 2.45) is 11.8 Å². The quantitative estimate of drug-likeness (QED) is 0.765. The van der Waals surface area contributed by atoms with Crippen LogP contribution in [0, 0.1) is 11.8 Å². The van der Waals surface area contributed by atoms with Crippen molar-refractivity contribution in [1.82, 2.24) is 4.90 Å². The summed E-state index contributed by atoms with van der Waals surface area (Å²) in [6.07, 6.45) is -0.271. The van der Waals surface area contributed by atoms with Crippen molar-refractivity contribution in [1.29, 1.82) is 0 Å². The lowest BCUT2D eigenvalue weighted by Crippen LogP contribution is -2.46. The lowest BCUT2D eigenvalue weighted by molar-refractivity contribution is -0.129. The van der Waals surface area contributed by atoms with Crippen molar-refractivity contribution in [2.45, 2.75) is 45.6 Å². The first-order chi connectivity index (χ1) is 12.4. The standard InChI is InChI=1S/C20H27F2NO3/c1-12(2)6-14-10-23-5-4-13-7-19(26-11-20(21)22)18(25-3)8-15(13)16(23)9-17(14)24/h7-8,12,14,16,20H,4-6,9-11H2,1-3H3. The molecule has 144 valence electrons. The van der Waals surface area contributed by atoms with Gasteiger partial charge in [-0.3, -0.25) is 9.69 Å². The maximum atomic E-state index is 12.6. The van der Waals surface area contributed by atoms with Crippen LogP contribution in [-0.4, -0.2) is 43.9 Å². The molecule has 0 aliphatic carbocycles. The molecule has 0 amide bonds. The van der Waals surface area contributed by atoms with Gasteiger partial charge in [0.05, 0.1) is 7.11 Å². The van der Waals surface area contributed by atoms with Crippen molar-refractivity contribution < 1.29 is 23.0 Å². The molecule has 0 bridgehead atoms. The second kappa shape index (κ2) is 7.91. The van der Waals surface area contributed by atoms with Gasteiger partial charge in [0.1, 0.15) is 12.4 Å². The predicted molar refractivity (Wildman–Crippen MR) is 95.1 cm³/mol. The maximum Gasteiger partial charge on any atom is 0.272 e. The minimum Gasteiger partial charge on any atom is -0.493 e. The molecule has 6 heteroatoms. The molecular formula is C20H27F2NO3. The van der Waals surface area contributed by atoms with Crippen LogP contribution in [0.25, 0.3) is 0 Å². The van der Waals surface area contributed by atoms with Crippen LogP contribution in [0.4, 0.5) is 8.78 Å². The number of ketones is 1. The van der Waals surface area contributed by atoms with E-state index in [-0.39, 0.29) is 12.0 Å². The third-order valence-corrected chi connectivity index (χ3v) is 5.32. The largest absolute Gasteiger partial charge is 0.493 e. The van der Waals surface area contributed by atoms with Gasteiger partial charge in [0.25, 0.3) is 6.43 Å². The molecule has 26 heavy (non-hydrogen) atoms. The van der Waals surface area contributed by atoms with Crippen LogP contribution in [0.2, 0.25) is 0 Å². The number of hydrogen-bond donors (Lipinski definition) is 0. The van der Waals surface area contributed by atoms with E-state index in [9.17, 15) is 13.6 Å². The van der Waals surface area contributed by atoms with Crippen LogP contribution in [0.5, 0.6) is 11.5 Å². The first kappa shape index (κ1) is 19.1. The highest BCUT2D eigenvalue weighted by Gasteiger charge is 2.38. The molecule has 2 aliphatic rings. The molecule has 0 spiro atoms. The number of halogens is 2. The van der Waals surface area contributed by atoms with E-state index in [4.69, 9.17) is 9.47 Å². The van der Waals surface area contributed by atoms with E-state index < -0.39 is 13.0 Å². The predicted octanol–water partition coefficient (Wildman–Crippen LogP) is 3.87. The molecule has 0 aromatic heterocycles. The first-order valence-corrected chi connectivity index (χ1v) is 9.27. The van der Waals surface area contributed by atoms with E-state index in [1.165, 1.54) is 7.11 Å². The molecule has 1 aromatic rings. The fourth-order valence-corrected chi connectivity index (χ4v) is 4.16. The lowest BCUT2D eigenvalue weighted by atomic mass is 9.80. The number of carbonyl (C=O) groups is 1. The second-order valence-corrected chi connectivity index (χ2v) is 7.66. The Morgan fingerprint density at radius 1 is 1.27 bits per heavy atom. The van der Waals surface area contributed by atoms with Gasteiger partial charge in [-0.15, -0.1) is 0 Å². The Kier molecular flexibility index (Phi) is 5.80. The summed E-state index contributed by atoms with van der Waals surface area (Å²) >= 11 is 0. The highest BCUT2D eigenvalue weighted by Crippen LogP contribution is 2.42. The average molecular weight is 367 g/mol. The number of hydrogen-bond acceptors (Lipinski definition) is 4. The van der Waals surface area contributed by atoms with Crippen LogP contribution >= 0.6 is 0 Å². The monoisotopic (exact) mass is 367 g/mol. The van der Waals surface area contributed by atoms with Gasteiger partial charge in [-0.1, -0.05) is 13.8 Å². The Balaban J connectivity index is 1.84. The summed E-state index contributed by atoms with van der Waals surface area (Å²) < 4.78 is 35.5. The number of methoxy groups -OCH3 is 1. The van der Waals surface area contributed by atoms with E-state index in [0.717, 1.165) is 37.1 Å². The van der Waals surface area contributed by atoms with E-state index in [1.807, 2.05) is 6.07 Å². The van der Waals surface area contributed by atoms with Crippen LogP contribution in [0.3, 0.4) is 0 Å². The summed E-state index contributed by atoms with van der Waals surface area (Å²) in [5.74, 6) is 1.74. The zero-order valence-electron chi connectivity index (χ0n) is 15.6. The zero-order chi connectivity index (χ0) is 18.8. The number of ether oxygens (including phenoxy) is 2. The van der Waals surface area contributed by atoms with Gasteiger partial charge in [0, 0.05) is 31.5 Å². The maximum absolute atomic E-state index is 12.6. The molecule has 1 saturated heterocycles. The Morgan fingerprint density at radius 2 is 2.04 bits per heavy atom. The number of fused-ring (bicyclic) bond motifs is 3. The number of piperidine rings is 1. The third kappa shape index (κ3) is 4.00. The van der Waals surface area contributed by atoms with E-state index >= 15 is 0 Å². The molecule has 2 heterocycles. The molecule has 1 fully saturated rings. The Hall–Kier alpha value is -1.69. The molecule has 2 aliphatic heterocycles. The van der Waals surface area contributed by atoms with Gasteiger partial charge in [0.2, 0.25) is 0 Å². The Bertz CT molecular complexity index is 663. The normalized spacial score (nSPS) is 23.1. The van der Waals surface area contributed by atoms with E-state index in [0.29, 0.717) is 29.6 Å². The number of rotatable bonds is 6. The van der Waals surface area contributed by atoms with Gasteiger partial charge in [-0.05, 0) is 42.0 Å². The molecule has 0 radical (unpaired) electrons. The summed E-state index contributed by atoms with van der Waals surface area (Å²) in [7, 11) is 1.50. The molecule has 4 nitrogen and oxygen atoms in total. The molecular weight excluding hydrogens is 340 g/mol. The summed E-state index contributed by atoms with van der Waals surface area (Å²) in [6.45, 7) is 5.32. The van der Waals surface area contributed by atoms with E-state index in [2.05, 4.69) is 18.7 Å². The highest BCUT2D eigenvalue weighted by molar-refractivity contribution is 5.83. The van der Waals surface area contributed by atoms with Crippen LogP contribution in [-0.2, 0) is 11.2 Å². The highest BCUT2D eigenvalue weighted by atomic mass is 19.3. The Morgan fingerprint density at radius 3 is 2.69 bits per heavy atom. The SMILES string of the molecule is COc1cc2c(cc1OCC(F)F)CCN1CC(CC(C)C)C(=O)CC21. The summed E-state index contributed by atoms with van der Waals surface area (Å²) in [6, 6.07) is 3.72. The number of nitrogens with zero attached hydrogens (tertiary/aromatic N) is 1. The summed E-state index contributed by atoms with van der Waals surface area (Å²) in [5, 5.41) is 0. The average Bonchev–Trinajstić information content (AvgIpc) is 2.59. The van der Waals surface area contributed by atoms with Gasteiger partial charge < -0.3 is 9.47 Å². The second-order valence-electron chi connectivity index (χ2n) is 7.66. The van der Waals surface area contributed by atoms with Crippen molar-refractivity contribution in [3.63, 3.8) is 0 Å². The van der Waals surface area contributed by atoms with Crippen LogP contribution < -0.4 is 9.47 Å². The van der Waals surface area contributed by atoms with Crippen molar-refractivity contribution >= 4 is 5.78 Å². The fraction of sp³-hybridized carbons (Fsp3) is 0.650. The number of benzene rings is 1. The summed E-state index contributed by atoms with van der Waals surface area (Å²) in [4.78, 5) is 15.0. The zero-order valence-corrected chi connectivity index (χ0v) is 15.6. The minimum absolute atomic E-state index is 0.0488. The van der Waals surface area contributed by atoms with Crippen molar-refractivity contribution in [3.8, 4) is 11.5 Å². The molecule has 2 atom stereocenters. The van der Waals surface area contributed by atoms with Crippen LogP contribution in [0.15, 0.2) is 12.1 Å². The molecule has 0 N–H and O–H groups in total. The van der Waals surface area contributed by atoms with Gasteiger partial charge in [-0.25, -0.2) is 8.78 Å². The van der Waals surface area contributed by atoms with Crippen molar-refractivity contribution in [2.75, 3.05) is 26.8 Å². The smallest absolute Gasteiger partial charge is 0.272 e. The van der Waals surface area contributed by atoms with Crippen molar-refractivity contribution in [3.05, 3.63) is 23.3 Å². The Labute approximate surface area is 153 Å². The minimum atomic E-state index is -2.53.